The average Bonchev–Trinajstić information content (AvgIpc) is 3.22. The predicted molar refractivity (Wildman–Crippen MR) is 113 cm³/mol. The monoisotopic (exact) mass is 399 g/mol. The van der Waals surface area contributed by atoms with Crippen LogP contribution < -0.4 is 0 Å². The molecule has 150 valence electrons. The van der Waals surface area contributed by atoms with E-state index >= 15 is 0 Å². The molecule has 0 unspecified atom stereocenters. The van der Waals surface area contributed by atoms with Crippen molar-refractivity contribution in [3.63, 3.8) is 0 Å². The second-order valence-corrected chi connectivity index (χ2v) is 8.60. The third-order valence-electron chi connectivity index (χ3n) is 5.63. The van der Waals surface area contributed by atoms with Crippen molar-refractivity contribution in [1.29, 1.82) is 0 Å². The number of thiophene rings is 1. The van der Waals surface area contributed by atoms with Crippen molar-refractivity contribution < 1.29 is 9.53 Å². The Bertz CT molecular complexity index is 755. The van der Waals surface area contributed by atoms with Crippen LogP contribution >= 0.6 is 11.3 Å². The van der Waals surface area contributed by atoms with Gasteiger partial charge in [0, 0.05) is 57.9 Å². The number of hydrogen-bond donors (Lipinski definition) is 0. The summed E-state index contributed by atoms with van der Waals surface area (Å²) >= 11 is 1.76. The zero-order chi connectivity index (χ0) is 19.3. The van der Waals surface area contributed by atoms with Crippen molar-refractivity contribution in [2.75, 3.05) is 52.4 Å². The standard InChI is InChI=1S/C22H29N3O2S/c1-18-2-4-20(5-3-18)22(26)25-9-7-23(8-10-25)15-21-16-24(11-12-27-21)14-19-6-13-28-17-19/h2-6,13,17,21H,7-12,14-16H2,1H3/t21-/m0/s1. The highest BCUT2D eigenvalue weighted by Gasteiger charge is 2.26. The summed E-state index contributed by atoms with van der Waals surface area (Å²) < 4.78 is 6.02. The molecule has 1 atom stereocenters. The zero-order valence-electron chi connectivity index (χ0n) is 16.5. The van der Waals surface area contributed by atoms with Crippen molar-refractivity contribution in [1.82, 2.24) is 14.7 Å². The molecule has 1 aromatic heterocycles. The number of aryl methyl sites for hydroxylation is 1. The van der Waals surface area contributed by atoms with Gasteiger partial charge in [0.1, 0.15) is 0 Å². The first kappa shape index (κ1) is 19.6. The number of rotatable bonds is 5. The molecule has 5 nitrogen and oxygen atoms in total. The van der Waals surface area contributed by atoms with E-state index in [9.17, 15) is 4.79 Å². The number of carbonyl (C=O) groups excluding carboxylic acids is 1. The van der Waals surface area contributed by atoms with Crippen LogP contribution in [0.4, 0.5) is 0 Å². The van der Waals surface area contributed by atoms with Gasteiger partial charge in [0.15, 0.2) is 0 Å². The number of hydrogen-bond acceptors (Lipinski definition) is 5. The minimum Gasteiger partial charge on any atom is -0.374 e. The fraction of sp³-hybridized carbons (Fsp3) is 0.500. The molecule has 3 heterocycles. The van der Waals surface area contributed by atoms with Gasteiger partial charge in [-0.25, -0.2) is 0 Å². The third-order valence-corrected chi connectivity index (χ3v) is 6.36. The van der Waals surface area contributed by atoms with Crippen LogP contribution in [0.15, 0.2) is 41.1 Å². The molecular weight excluding hydrogens is 370 g/mol. The number of carbonyl (C=O) groups is 1. The highest BCUT2D eigenvalue weighted by molar-refractivity contribution is 7.07. The first-order chi connectivity index (χ1) is 13.7. The third kappa shape index (κ3) is 5.00. The van der Waals surface area contributed by atoms with Crippen molar-refractivity contribution in [2.24, 2.45) is 0 Å². The lowest BCUT2D eigenvalue weighted by Gasteiger charge is -2.39. The Labute approximate surface area is 171 Å². The second kappa shape index (κ2) is 9.18. The summed E-state index contributed by atoms with van der Waals surface area (Å²) in [6, 6.07) is 10.1. The van der Waals surface area contributed by atoms with E-state index in [1.54, 1.807) is 11.3 Å². The quantitative estimate of drug-likeness (QED) is 0.775. The van der Waals surface area contributed by atoms with Crippen LogP contribution in [0.5, 0.6) is 0 Å². The van der Waals surface area contributed by atoms with Crippen LogP contribution in [-0.4, -0.2) is 79.1 Å². The van der Waals surface area contributed by atoms with E-state index in [0.29, 0.717) is 0 Å². The summed E-state index contributed by atoms with van der Waals surface area (Å²) in [6.07, 6.45) is 0.256. The van der Waals surface area contributed by atoms with Crippen molar-refractivity contribution in [3.05, 3.63) is 57.8 Å². The van der Waals surface area contributed by atoms with Gasteiger partial charge in [-0.05, 0) is 41.4 Å². The topological polar surface area (TPSA) is 36.0 Å². The van der Waals surface area contributed by atoms with Gasteiger partial charge in [-0.1, -0.05) is 17.7 Å². The lowest BCUT2D eigenvalue weighted by molar-refractivity contribution is -0.0496. The Morgan fingerprint density at radius 3 is 2.57 bits per heavy atom. The van der Waals surface area contributed by atoms with Gasteiger partial charge < -0.3 is 9.64 Å². The molecule has 2 fully saturated rings. The number of morpholine rings is 1. The number of benzene rings is 1. The minimum atomic E-state index is 0.149. The SMILES string of the molecule is Cc1ccc(C(=O)N2CCN(C[C@H]3CN(Cc4ccsc4)CCO3)CC2)cc1. The number of amides is 1. The lowest BCUT2D eigenvalue weighted by Crippen LogP contribution is -2.53. The van der Waals surface area contributed by atoms with E-state index in [1.165, 1.54) is 11.1 Å². The first-order valence-electron chi connectivity index (χ1n) is 10.1. The molecule has 2 aliphatic heterocycles. The van der Waals surface area contributed by atoms with E-state index in [1.807, 2.05) is 36.1 Å². The average molecular weight is 400 g/mol. The maximum absolute atomic E-state index is 12.7. The molecular formula is C22H29N3O2S. The van der Waals surface area contributed by atoms with Gasteiger partial charge in [-0.2, -0.15) is 11.3 Å². The number of nitrogens with zero attached hydrogens (tertiary/aromatic N) is 3. The first-order valence-corrected chi connectivity index (χ1v) is 11.0. The molecule has 1 aromatic carbocycles. The molecule has 2 aliphatic rings. The summed E-state index contributed by atoms with van der Waals surface area (Å²) in [6.45, 7) is 10.2. The van der Waals surface area contributed by atoms with Crippen LogP contribution in [0.25, 0.3) is 0 Å². The molecule has 0 spiro atoms. The van der Waals surface area contributed by atoms with E-state index in [2.05, 4.69) is 26.6 Å². The summed E-state index contributed by atoms with van der Waals surface area (Å²) in [5.41, 5.74) is 3.37. The molecule has 2 aromatic rings. The van der Waals surface area contributed by atoms with Crippen molar-refractivity contribution >= 4 is 17.2 Å². The van der Waals surface area contributed by atoms with E-state index < -0.39 is 0 Å². The second-order valence-electron chi connectivity index (χ2n) is 7.82. The smallest absolute Gasteiger partial charge is 0.253 e. The Kier molecular flexibility index (Phi) is 6.42. The van der Waals surface area contributed by atoms with Crippen LogP contribution in [0.1, 0.15) is 21.5 Å². The predicted octanol–water partition coefficient (Wildman–Crippen LogP) is 2.72. The van der Waals surface area contributed by atoms with Gasteiger partial charge >= 0.3 is 0 Å². The maximum atomic E-state index is 12.7. The molecule has 0 N–H and O–H groups in total. The van der Waals surface area contributed by atoms with Crippen molar-refractivity contribution in [2.45, 2.75) is 19.6 Å². The highest BCUT2D eigenvalue weighted by Crippen LogP contribution is 2.15. The van der Waals surface area contributed by atoms with Crippen LogP contribution in [0.3, 0.4) is 0 Å². The van der Waals surface area contributed by atoms with Gasteiger partial charge in [-0.15, -0.1) is 0 Å². The number of ether oxygens (including phenoxy) is 1. The van der Waals surface area contributed by atoms with E-state index in [4.69, 9.17) is 4.74 Å². The maximum Gasteiger partial charge on any atom is 0.253 e. The van der Waals surface area contributed by atoms with Crippen LogP contribution in [-0.2, 0) is 11.3 Å². The summed E-state index contributed by atoms with van der Waals surface area (Å²) in [7, 11) is 0. The fourth-order valence-corrected chi connectivity index (χ4v) is 4.64. The van der Waals surface area contributed by atoms with Gasteiger partial charge in [-0.3, -0.25) is 14.6 Å². The fourth-order valence-electron chi connectivity index (χ4n) is 3.98. The molecule has 0 aliphatic carbocycles. The molecule has 4 rings (SSSR count). The lowest BCUT2D eigenvalue weighted by atomic mass is 10.1. The molecule has 2 saturated heterocycles. The molecule has 1 amide bonds. The van der Waals surface area contributed by atoms with Crippen LogP contribution in [0.2, 0.25) is 0 Å². The largest absolute Gasteiger partial charge is 0.374 e. The Morgan fingerprint density at radius 2 is 1.86 bits per heavy atom. The zero-order valence-corrected chi connectivity index (χ0v) is 17.4. The van der Waals surface area contributed by atoms with Crippen LogP contribution in [0, 0.1) is 6.92 Å². The minimum absolute atomic E-state index is 0.149. The normalized spacial score (nSPS) is 21.8. The molecule has 6 heteroatoms. The molecule has 0 bridgehead atoms. The van der Waals surface area contributed by atoms with E-state index in [-0.39, 0.29) is 12.0 Å². The molecule has 28 heavy (non-hydrogen) atoms. The summed E-state index contributed by atoms with van der Waals surface area (Å²) in [5.74, 6) is 0.149. The van der Waals surface area contributed by atoms with Crippen molar-refractivity contribution in [3.8, 4) is 0 Å². The Morgan fingerprint density at radius 1 is 1.07 bits per heavy atom. The van der Waals surface area contributed by atoms with E-state index in [0.717, 1.165) is 64.5 Å². The highest BCUT2D eigenvalue weighted by atomic mass is 32.1. The number of piperazine rings is 1. The van der Waals surface area contributed by atoms with Gasteiger partial charge in [0.2, 0.25) is 0 Å². The summed E-state index contributed by atoms with van der Waals surface area (Å²) in [4.78, 5) is 19.6. The summed E-state index contributed by atoms with van der Waals surface area (Å²) in [5, 5.41) is 4.37. The molecule has 0 saturated carbocycles. The molecule has 0 radical (unpaired) electrons. The van der Waals surface area contributed by atoms with Gasteiger partial charge in [0.25, 0.3) is 5.91 Å². The Balaban J connectivity index is 1.23. The van der Waals surface area contributed by atoms with Gasteiger partial charge in [0.05, 0.1) is 12.7 Å². The Hall–Kier alpha value is -1.73.